The van der Waals surface area contributed by atoms with E-state index in [1.54, 1.807) is 7.11 Å². The van der Waals surface area contributed by atoms with Gasteiger partial charge in [0, 0.05) is 18.2 Å². The standard InChI is InChI=1S/C17H15F2N5O/c1-25-15-5-3-2-4-11(15)9-20-17-23-16(10-21-24-17)22-14-7-6-12(18)8-13(14)19/h2-8,10H,9H2,1H3,(H2,20,22,23,24). The third-order valence-corrected chi connectivity index (χ3v) is 3.38. The summed E-state index contributed by atoms with van der Waals surface area (Å²) in [6, 6.07) is 10.8. The Balaban J connectivity index is 1.71. The Hall–Kier alpha value is -3.29. The number of para-hydroxylation sites is 1. The van der Waals surface area contributed by atoms with Crippen LogP contribution in [0.4, 0.5) is 26.2 Å². The van der Waals surface area contributed by atoms with Gasteiger partial charge >= 0.3 is 0 Å². The van der Waals surface area contributed by atoms with Gasteiger partial charge in [-0.25, -0.2) is 8.78 Å². The van der Waals surface area contributed by atoms with E-state index in [0.717, 1.165) is 23.4 Å². The van der Waals surface area contributed by atoms with Crippen LogP contribution in [0.2, 0.25) is 0 Å². The van der Waals surface area contributed by atoms with Gasteiger partial charge in [0.15, 0.2) is 5.82 Å². The van der Waals surface area contributed by atoms with Crippen LogP contribution in [0.5, 0.6) is 5.75 Å². The highest BCUT2D eigenvalue weighted by atomic mass is 19.1. The lowest BCUT2D eigenvalue weighted by molar-refractivity contribution is 0.410. The first-order valence-corrected chi connectivity index (χ1v) is 7.43. The van der Waals surface area contributed by atoms with Crippen LogP contribution < -0.4 is 15.4 Å². The molecule has 0 atom stereocenters. The maximum Gasteiger partial charge on any atom is 0.244 e. The fraction of sp³-hybridized carbons (Fsp3) is 0.118. The lowest BCUT2D eigenvalue weighted by Crippen LogP contribution is -2.07. The smallest absolute Gasteiger partial charge is 0.244 e. The lowest BCUT2D eigenvalue weighted by atomic mass is 10.2. The molecule has 1 aromatic heterocycles. The van der Waals surface area contributed by atoms with Crippen molar-refractivity contribution in [3.8, 4) is 5.75 Å². The maximum absolute atomic E-state index is 13.7. The summed E-state index contributed by atoms with van der Waals surface area (Å²) in [5.41, 5.74) is 1.02. The molecule has 0 aliphatic carbocycles. The van der Waals surface area contributed by atoms with Gasteiger partial charge in [-0.05, 0) is 18.2 Å². The second-order valence-corrected chi connectivity index (χ2v) is 5.08. The SMILES string of the molecule is COc1ccccc1CNc1nncc(Nc2ccc(F)cc2F)n1. The molecule has 0 bridgehead atoms. The van der Waals surface area contributed by atoms with Crippen molar-refractivity contribution in [3.63, 3.8) is 0 Å². The first kappa shape index (κ1) is 16.6. The van der Waals surface area contributed by atoms with Crippen LogP contribution in [0.25, 0.3) is 0 Å². The number of aromatic nitrogens is 3. The fourth-order valence-corrected chi connectivity index (χ4v) is 2.19. The van der Waals surface area contributed by atoms with E-state index < -0.39 is 11.6 Å². The Kier molecular flexibility index (Phi) is 4.98. The molecule has 0 radical (unpaired) electrons. The van der Waals surface area contributed by atoms with E-state index in [1.807, 2.05) is 24.3 Å². The van der Waals surface area contributed by atoms with Gasteiger partial charge in [-0.15, -0.1) is 5.10 Å². The zero-order chi connectivity index (χ0) is 17.6. The molecular formula is C17H15F2N5O. The molecule has 25 heavy (non-hydrogen) atoms. The Morgan fingerprint density at radius 2 is 1.96 bits per heavy atom. The molecule has 0 unspecified atom stereocenters. The highest BCUT2D eigenvalue weighted by Gasteiger charge is 2.07. The summed E-state index contributed by atoms with van der Waals surface area (Å²) in [5.74, 6) is -0.0859. The number of rotatable bonds is 6. The van der Waals surface area contributed by atoms with Crippen LogP contribution in [0.3, 0.4) is 0 Å². The van der Waals surface area contributed by atoms with Gasteiger partial charge in [-0.3, -0.25) is 0 Å². The number of hydrogen-bond acceptors (Lipinski definition) is 6. The molecular weight excluding hydrogens is 328 g/mol. The molecule has 0 saturated carbocycles. The van der Waals surface area contributed by atoms with E-state index in [2.05, 4.69) is 25.8 Å². The van der Waals surface area contributed by atoms with Crippen molar-refractivity contribution in [2.75, 3.05) is 17.7 Å². The highest BCUT2D eigenvalue weighted by molar-refractivity contribution is 5.56. The van der Waals surface area contributed by atoms with Gasteiger partial charge in [0.2, 0.25) is 5.95 Å². The first-order chi connectivity index (χ1) is 12.2. The summed E-state index contributed by atoms with van der Waals surface area (Å²) >= 11 is 0. The molecule has 3 rings (SSSR count). The molecule has 0 amide bonds. The van der Waals surface area contributed by atoms with Crippen LogP contribution >= 0.6 is 0 Å². The lowest BCUT2D eigenvalue weighted by Gasteiger charge is -2.10. The van der Waals surface area contributed by atoms with Gasteiger partial charge in [-0.1, -0.05) is 18.2 Å². The second kappa shape index (κ2) is 7.52. The number of ether oxygens (including phenoxy) is 1. The molecule has 0 aliphatic rings. The Labute approximate surface area is 142 Å². The topological polar surface area (TPSA) is 72.0 Å². The van der Waals surface area contributed by atoms with E-state index in [9.17, 15) is 8.78 Å². The number of methoxy groups -OCH3 is 1. The molecule has 0 aliphatic heterocycles. The number of benzene rings is 2. The molecule has 0 spiro atoms. The van der Waals surface area contributed by atoms with E-state index in [0.29, 0.717) is 6.54 Å². The molecule has 2 aromatic carbocycles. The second-order valence-electron chi connectivity index (χ2n) is 5.08. The minimum Gasteiger partial charge on any atom is -0.496 e. The molecule has 0 saturated heterocycles. The normalized spacial score (nSPS) is 10.4. The van der Waals surface area contributed by atoms with E-state index >= 15 is 0 Å². The van der Waals surface area contributed by atoms with Gasteiger partial charge < -0.3 is 15.4 Å². The van der Waals surface area contributed by atoms with Gasteiger partial charge in [0.25, 0.3) is 0 Å². The van der Waals surface area contributed by atoms with Crippen molar-refractivity contribution in [1.82, 2.24) is 15.2 Å². The third-order valence-electron chi connectivity index (χ3n) is 3.38. The van der Waals surface area contributed by atoms with Crippen LogP contribution in [0, 0.1) is 11.6 Å². The van der Waals surface area contributed by atoms with Gasteiger partial charge in [0.05, 0.1) is 19.0 Å². The fourth-order valence-electron chi connectivity index (χ4n) is 2.19. The summed E-state index contributed by atoms with van der Waals surface area (Å²) in [6.45, 7) is 0.431. The molecule has 128 valence electrons. The average molecular weight is 343 g/mol. The molecule has 0 fully saturated rings. The Morgan fingerprint density at radius 1 is 1.12 bits per heavy atom. The van der Waals surface area contributed by atoms with Crippen molar-refractivity contribution in [1.29, 1.82) is 0 Å². The van der Waals surface area contributed by atoms with Gasteiger partial charge in [0.1, 0.15) is 17.4 Å². The first-order valence-electron chi connectivity index (χ1n) is 7.43. The number of halogens is 2. The predicted molar refractivity (Wildman–Crippen MR) is 89.8 cm³/mol. The minimum atomic E-state index is -0.720. The van der Waals surface area contributed by atoms with Crippen LogP contribution in [0.1, 0.15) is 5.56 Å². The summed E-state index contributed by atoms with van der Waals surface area (Å²) in [5, 5.41) is 13.5. The van der Waals surface area contributed by atoms with Crippen LogP contribution in [-0.2, 0) is 6.54 Å². The van der Waals surface area contributed by atoms with E-state index in [1.165, 1.54) is 12.3 Å². The van der Waals surface area contributed by atoms with Gasteiger partial charge in [-0.2, -0.15) is 10.1 Å². The minimum absolute atomic E-state index is 0.0950. The van der Waals surface area contributed by atoms with Crippen LogP contribution in [-0.4, -0.2) is 22.3 Å². The summed E-state index contributed by atoms with van der Waals surface area (Å²) in [6.07, 6.45) is 1.34. The van der Waals surface area contributed by atoms with E-state index in [4.69, 9.17) is 4.74 Å². The van der Waals surface area contributed by atoms with E-state index in [-0.39, 0.29) is 17.5 Å². The van der Waals surface area contributed by atoms with Crippen molar-refractivity contribution >= 4 is 17.5 Å². The number of hydrogen-bond donors (Lipinski definition) is 2. The molecule has 8 heteroatoms. The number of nitrogens with one attached hydrogen (secondary N) is 2. The van der Waals surface area contributed by atoms with Crippen molar-refractivity contribution in [2.45, 2.75) is 6.54 Å². The quantitative estimate of drug-likeness (QED) is 0.714. The molecule has 1 heterocycles. The Morgan fingerprint density at radius 3 is 2.76 bits per heavy atom. The third kappa shape index (κ3) is 4.17. The summed E-state index contributed by atoms with van der Waals surface area (Å²) < 4.78 is 31.9. The van der Waals surface area contributed by atoms with Crippen LogP contribution in [0.15, 0.2) is 48.7 Å². The van der Waals surface area contributed by atoms with Crippen molar-refractivity contribution < 1.29 is 13.5 Å². The molecule has 6 nitrogen and oxygen atoms in total. The number of anilines is 3. The largest absolute Gasteiger partial charge is 0.496 e. The average Bonchev–Trinajstić information content (AvgIpc) is 2.63. The van der Waals surface area contributed by atoms with Crippen molar-refractivity contribution in [3.05, 3.63) is 65.9 Å². The summed E-state index contributed by atoms with van der Waals surface area (Å²) in [4.78, 5) is 4.21. The number of nitrogens with zero attached hydrogens (tertiary/aromatic N) is 3. The highest BCUT2D eigenvalue weighted by Crippen LogP contribution is 2.20. The summed E-state index contributed by atoms with van der Waals surface area (Å²) in [7, 11) is 1.60. The maximum atomic E-state index is 13.7. The zero-order valence-corrected chi connectivity index (χ0v) is 13.3. The monoisotopic (exact) mass is 343 g/mol. The zero-order valence-electron chi connectivity index (χ0n) is 13.3. The molecule has 2 N–H and O–H groups in total. The molecule has 3 aromatic rings. The Bertz CT molecular complexity index is 875. The van der Waals surface area contributed by atoms with Crippen molar-refractivity contribution in [2.24, 2.45) is 0 Å². The predicted octanol–water partition coefficient (Wildman–Crippen LogP) is 3.51.